The van der Waals surface area contributed by atoms with Crippen LogP contribution < -0.4 is 15.2 Å². The lowest BCUT2D eigenvalue weighted by Gasteiger charge is -2.16. The minimum Gasteiger partial charge on any atom is -0.488 e. The fraction of sp³-hybridized carbons (Fsp3) is 0.0938. The second-order valence-electron chi connectivity index (χ2n) is 9.60. The van der Waals surface area contributed by atoms with E-state index < -0.39 is 0 Å². The summed E-state index contributed by atoms with van der Waals surface area (Å²) < 4.78 is 14.5. The van der Waals surface area contributed by atoms with Gasteiger partial charge in [0.15, 0.2) is 5.76 Å². The smallest absolute Gasteiger partial charge is 0.282 e. The standard InChI is InChI=1S/C32H24BrClN4O3/c1-37(2)24-13-11-20(29(17-24)40-19-21-7-3-5-9-26(21)34)18-35-38-31(36-27-10-6-4-8-25(27)32(38)39)30-16-22-15-23(33)12-14-28(22)41-30/h3-18H,19H2,1-2H3. The fourth-order valence-corrected chi connectivity index (χ4v) is 5.01. The molecule has 0 amide bonds. The van der Waals surface area contributed by atoms with Crippen molar-refractivity contribution in [3.8, 4) is 17.3 Å². The third-order valence-electron chi connectivity index (χ3n) is 6.62. The van der Waals surface area contributed by atoms with Gasteiger partial charge in [-0.1, -0.05) is 57.9 Å². The van der Waals surface area contributed by atoms with E-state index in [9.17, 15) is 4.79 Å². The molecule has 0 aliphatic heterocycles. The second-order valence-corrected chi connectivity index (χ2v) is 10.9. The van der Waals surface area contributed by atoms with E-state index in [4.69, 9.17) is 25.7 Å². The van der Waals surface area contributed by atoms with Gasteiger partial charge in [0.1, 0.15) is 17.9 Å². The third kappa shape index (κ3) is 5.49. The van der Waals surface area contributed by atoms with Gasteiger partial charge in [-0.25, -0.2) is 4.98 Å². The lowest BCUT2D eigenvalue weighted by Crippen LogP contribution is -2.20. The molecule has 0 spiro atoms. The molecule has 41 heavy (non-hydrogen) atoms. The Morgan fingerprint density at radius 3 is 2.66 bits per heavy atom. The van der Waals surface area contributed by atoms with E-state index in [0.717, 1.165) is 21.1 Å². The predicted molar refractivity (Wildman–Crippen MR) is 168 cm³/mol. The lowest BCUT2D eigenvalue weighted by atomic mass is 10.2. The van der Waals surface area contributed by atoms with Crippen LogP contribution in [0.2, 0.25) is 5.02 Å². The summed E-state index contributed by atoms with van der Waals surface area (Å²) in [7, 11) is 3.92. The highest BCUT2D eigenvalue weighted by molar-refractivity contribution is 9.10. The summed E-state index contributed by atoms with van der Waals surface area (Å²) in [6.07, 6.45) is 1.60. The molecule has 7 nitrogen and oxygen atoms in total. The Kier molecular flexibility index (Phi) is 7.34. The summed E-state index contributed by atoms with van der Waals surface area (Å²) in [4.78, 5) is 20.5. The zero-order valence-corrected chi connectivity index (χ0v) is 24.6. The van der Waals surface area contributed by atoms with Crippen LogP contribution in [0.15, 0.2) is 110 Å². The number of hydrogen-bond acceptors (Lipinski definition) is 6. The van der Waals surface area contributed by atoms with Gasteiger partial charge in [0.25, 0.3) is 5.56 Å². The van der Waals surface area contributed by atoms with E-state index in [1.165, 1.54) is 4.68 Å². The molecule has 0 saturated heterocycles. The molecular weight excluding hydrogens is 604 g/mol. The molecule has 204 valence electrons. The molecule has 0 aliphatic rings. The summed E-state index contributed by atoms with van der Waals surface area (Å²) in [6, 6.07) is 28.1. The van der Waals surface area contributed by atoms with Gasteiger partial charge in [0, 0.05) is 51.9 Å². The SMILES string of the molecule is CN(C)c1ccc(C=Nn2c(-c3cc4cc(Br)ccc4o3)nc3ccccc3c2=O)c(OCc2ccccc2Cl)c1. The predicted octanol–water partition coefficient (Wildman–Crippen LogP) is 7.75. The Balaban J connectivity index is 1.46. The van der Waals surface area contributed by atoms with E-state index >= 15 is 0 Å². The van der Waals surface area contributed by atoms with Gasteiger partial charge in [-0.05, 0) is 54.6 Å². The molecule has 6 aromatic rings. The van der Waals surface area contributed by atoms with Crippen LogP contribution >= 0.6 is 27.5 Å². The molecule has 6 rings (SSSR count). The van der Waals surface area contributed by atoms with Gasteiger partial charge in [-0.15, -0.1) is 0 Å². The average molecular weight is 628 g/mol. The summed E-state index contributed by atoms with van der Waals surface area (Å²) >= 11 is 9.86. The van der Waals surface area contributed by atoms with Crippen LogP contribution in [-0.4, -0.2) is 30.0 Å². The number of para-hydroxylation sites is 1. The molecule has 4 aromatic carbocycles. The van der Waals surface area contributed by atoms with E-state index in [1.54, 1.807) is 24.4 Å². The molecule has 0 fully saturated rings. The first-order valence-corrected chi connectivity index (χ1v) is 14.0. The van der Waals surface area contributed by atoms with Gasteiger partial charge in [0.2, 0.25) is 5.82 Å². The quantitative estimate of drug-likeness (QED) is 0.169. The van der Waals surface area contributed by atoms with Gasteiger partial charge < -0.3 is 14.1 Å². The molecule has 0 saturated carbocycles. The average Bonchev–Trinajstić information content (AvgIpc) is 3.39. The van der Waals surface area contributed by atoms with Crippen LogP contribution in [0.5, 0.6) is 5.75 Å². The van der Waals surface area contributed by atoms with Crippen LogP contribution in [0.1, 0.15) is 11.1 Å². The number of anilines is 1. The molecule has 0 radical (unpaired) electrons. The van der Waals surface area contributed by atoms with Crippen molar-refractivity contribution in [1.82, 2.24) is 9.66 Å². The minimum absolute atomic E-state index is 0.272. The molecule has 0 atom stereocenters. The number of aromatic nitrogens is 2. The van der Waals surface area contributed by atoms with Crippen LogP contribution in [0.4, 0.5) is 5.69 Å². The number of hydrogen-bond donors (Lipinski definition) is 0. The Morgan fingerprint density at radius 2 is 1.83 bits per heavy atom. The zero-order chi connectivity index (χ0) is 28.5. The first-order valence-electron chi connectivity index (χ1n) is 12.8. The largest absolute Gasteiger partial charge is 0.488 e. The second kappa shape index (κ2) is 11.2. The third-order valence-corrected chi connectivity index (χ3v) is 7.48. The van der Waals surface area contributed by atoms with Gasteiger partial charge in [-0.2, -0.15) is 9.78 Å². The molecular formula is C32H24BrClN4O3. The van der Waals surface area contributed by atoms with Gasteiger partial charge >= 0.3 is 0 Å². The van der Waals surface area contributed by atoms with E-state index in [2.05, 4.69) is 21.0 Å². The summed E-state index contributed by atoms with van der Waals surface area (Å²) in [5.41, 5.74) is 3.42. The maximum Gasteiger partial charge on any atom is 0.282 e. The number of fused-ring (bicyclic) bond motifs is 2. The van der Waals surface area contributed by atoms with Crippen molar-refractivity contribution in [1.29, 1.82) is 0 Å². The van der Waals surface area contributed by atoms with E-state index in [0.29, 0.717) is 44.4 Å². The fourth-order valence-electron chi connectivity index (χ4n) is 4.44. The number of halogens is 2. The van der Waals surface area contributed by atoms with Crippen molar-refractivity contribution < 1.29 is 9.15 Å². The Bertz CT molecular complexity index is 2000. The molecule has 2 heterocycles. The Labute approximate surface area is 249 Å². The van der Waals surface area contributed by atoms with Crippen molar-refractivity contribution in [2.45, 2.75) is 6.61 Å². The highest BCUT2D eigenvalue weighted by Crippen LogP contribution is 2.30. The topological polar surface area (TPSA) is 72.9 Å². The van der Waals surface area contributed by atoms with Crippen LogP contribution in [0.25, 0.3) is 33.5 Å². The van der Waals surface area contributed by atoms with Gasteiger partial charge in [0.05, 0.1) is 17.1 Å². The number of benzene rings is 4. The summed E-state index contributed by atoms with van der Waals surface area (Å²) in [5, 5.41) is 6.58. The first-order chi connectivity index (χ1) is 19.9. The van der Waals surface area contributed by atoms with Crippen LogP contribution in [0, 0.1) is 0 Å². The number of rotatable bonds is 7. The van der Waals surface area contributed by atoms with Crippen molar-refractivity contribution in [3.05, 3.63) is 122 Å². The normalized spacial score (nSPS) is 11.5. The molecule has 9 heteroatoms. The maximum atomic E-state index is 13.7. The van der Waals surface area contributed by atoms with E-state index in [1.807, 2.05) is 91.8 Å². The van der Waals surface area contributed by atoms with Crippen molar-refractivity contribution in [3.63, 3.8) is 0 Å². The maximum absolute atomic E-state index is 13.7. The van der Waals surface area contributed by atoms with Crippen LogP contribution in [-0.2, 0) is 6.61 Å². The first kappa shape index (κ1) is 26.8. The number of ether oxygens (including phenoxy) is 1. The molecule has 0 bridgehead atoms. The summed E-state index contributed by atoms with van der Waals surface area (Å²) in [5.74, 6) is 1.31. The van der Waals surface area contributed by atoms with Gasteiger partial charge in [-0.3, -0.25) is 4.79 Å². The molecule has 0 N–H and O–H groups in total. The molecule has 0 unspecified atom stereocenters. The highest BCUT2D eigenvalue weighted by atomic mass is 79.9. The zero-order valence-electron chi connectivity index (χ0n) is 22.2. The Hall–Kier alpha value is -4.40. The number of furan rings is 1. The van der Waals surface area contributed by atoms with E-state index in [-0.39, 0.29) is 12.2 Å². The monoisotopic (exact) mass is 626 g/mol. The van der Waals surface area contributed by atoms with Crippen molar-refractivity contribution in [2.75, 3.05) is 19.0 Å². The van der Waals surface area contributed by atoms with Crippen molar-refractivity contribution in [2.24, 2.45) is 5.10 Å². The molecule has 2 aromatic heterocycles. The number of nitrogens with zero attached hydrogens (tertiary/aromatic N) is 4. The summed E-state index contributed by atoms with van der Waals surface area (Å²) in [6.45, 7) is 0.272. The van der Waals surface area contributed by atoms with Crippen LogP contribution in [0.3, 0.4) is 0 Å². The lowest BCUT2D eigenvalue weighted by molar-refractivity contribution is 0.306. The van der Waals surface area contributed by atoms with Crippen molar-refractivity contribution >= 4 is 61.3 Å². The highest BCUT2D eigenvalue weighted by Gasteiger charge is 2.17. The minimum atomic E-state index is -0.313. The Morgan fingerprint density at radius 1 is 1.02 bits per heavy atom. The molecule has 0 aliphatic carbocycles.